The van der Waals surface area contributed by atoms with Crippen molar-refractivity contribution < 1.29 is 5.11 Å². The van der Waals surface area contributed by atoms with Gasteiger partial charge in [0.2, 0.25) is 0 Å². The number of aliphatic hydroxyl groups excluding tert-OH is 1. The number of hydrogen-bond donors (Lipinski definition) is 1. The molecule has 1 nitrogen and oxygen atoms in total. The molecule has 0 heterocycles. The molecule has 0 amide bonds. The Hall–Kier alpha value is -1.08. The second kappa shape index (κ2) is 4.43. The molecule has 0 saturated carbocycles. The van der Waals surface area contributed by atoms with Crippen molar-refractivity contribution in [1.29, 1.82) is 0 Å². The number of aryl methyl sites for hydroxylation is 3. The van der Waals surface area contributed by atoms with Crippen LogP contribution in [0.5, 0.6) is 0 Å². The third-order valence-electron chi connectivity index (χ3n) is 2.46. The summed E-state index contributed by atoms with van der Waals surface area (Å²) >= 11 is 0. The fraction of sp³-hybridized carbons (Fsp3) is 0.385. The van der Waals surface area contributed by atoms with Crippen molar-refractivity contribution in [3.63, 3.8) is 0 Å². The Morgan fingerprint density at radius 1 is 1.29 bits per heavy atom. The van der Waals surface area contributed by atoms with Crippen LogP contribution in [0.4, 0.5) is 0 Å². The Bertz CT molecular complexity index is 316. The normalized spacial score (nSPS) is 12.6. The maximum absolute atomic E-state index is 9.90. The van der Waals surface area contributed by atoms with E-state index in [1.54, 1.807) is 6.08 Å². The maximum Gasteiger partial charge on any atom is 0.0829 e. The van der Waals surface area contributed by atoms with Crippen molar-refractivity contribution in [2.45, 2.75) is 33.3 Å². The van der Waals surface area contributed by atoms with Gasteiger partial charge in [0.15, 0.2) is 0 Å². The van der Waals surface area contributed by atoms with Gasteiger partial charge in [0.05, 0.1) is 6.10 Å². The molecule has 0 radical (unpaired) electrons. The highest BCUT2D eigenvalue weighted by Gasteiger charge is 2.11. The van der Waals surface area contributed by atoms with Gasteiger partial charge in [-0.2, -0.15) is 0 Å². The summed E-state index contributed by atoms with van der Waals surface area (Å²) in [6.07, 6.45) is 1.96. The van der Waals surface area contributed by atoms with Gasteiger partial charge in [-0.15, -0.1) is 6.58 Å². The van der Waals surface area contributed by atoms with Gasteiger partial charge in [-0.1, -0.05) is 23.8 Å². The molecule has 1 atom stereocenters. The smallest absolute Gasteiger partial charge is 0.0829 e. The van der Waals surface area contributed by atoms with E-state index >= 15 is 0 Å². The first-order chi connectivity index (χ1) is 6.56. The minimum absolute atomic E-state index is 0.409. The summed E-state index contributed by atoms with van der Waals surface area (Å²) < 4.78 is 0. The zero-order valence-corrected chi connectivity index (χ0v) is 9.17. The minimum atomic E-state index is -0.409. The van der Waals surface area contributed by atoms with Gasteiger partial charge in [-0.3, -0.25) is 0 Å². The topological polar surface area (TPSA) is 20.2 Å². The Morgan fingerprint density at radius 3 is 2.21 bits per heavy atom. The number of rotatable bonds is 3. The molecule has 1 N–H and O–H groups in total. The average molecular weight is 190 g/mol. The van der Waals surface area contributed by atoms with Gasteiger partial charge in [0, 0.05) is 0 Å². The van der Waals surface area contributed by atoms with Crippen molar-refractivity contribution in [2.24, 2.45) is 0 Å². The third kappa shape index (κ3) is 2.24. The van der Waals surface area contributed by atoms with Crippen LogP contribution in [0.3, 0.4) is 0 Å². The third-order valence-corrected chi connectivity index (χ3v) is 2.46. The second-order valence-corrected chi connectivity index (χ2v) is 3.85. The van der Waals surface area contributed by atoms with Crippen LogP contribution in [0.15, 0.2) is 24.8 Å². The van der Waals surface area contributed by atoms with E-state index in [2.05, 4.69) is 25.6 Å². The summed E-state index contributed by atoms with van der Waals surface area (Å²) in [7, 11) is 0. The highest BCUT2D eigenvalue weighted by atomic mass is 16.3. The van der Waals surface area contributed by atoms with Crippen LogP contribution in [0.1, 0.15) is 34.8 Å². The van der Waals surface area contributed by atoms with E-state index in [-0.39, 0.29) is 0 Å². The molecule has 0 aromatic heterocycles. The molecule has 14 heavy (non-hydrogen) atoms. The zero-order valence-electron chi connectivity index (χ0n) is 9.17. The predicted molar refractivity (Wildman–Crippen MR) is 60.4 cm³/mol. The van der Waals surface area contributed by atoms with Gasteiger partial charge >= 0.3 is 0 Å². The Kier molecular flexibility index (Phi) is 3.48. The molecule has 0 spiro atoms. The van der Waals surface area contributed by atoms with E-state index in [9.17, 15) is 5.11 Å². The summed E-state index contributed by atoms with van der Waals surface area (Å²) in [5, 5.41) is 9.90. The number of hydrogen-bond acceptors (Lipinski definition) is 1. The van der Waals surface area contributed by atoms with Crippen LogP contribution in [0, 0.1) is 20.8 Å². The first kappa shape index (κ1) is 11.0. The molecule has 1 rings (SSSR count). The molecule has 1 aromatic rings. The molecule has 0 aliphatic heterocycles. The first-order valence-electron chi connectivity index (χ1n) is 4.93. The lowest BCUT2D eigenvalue weighted by Crippen LogP contribution is -2.02. The fourth-order valence-corrected chi connectivity index (χ4v) is 1.99. The van der Waals surface area contributed by atoms with E-state index in [0.717, 1.165) is 16.7 Å². The molecular weight excluding hydrogens is 172 g/mol. The van der Waals surface area contributed by atoms with E-state index in [4.69, 9.17) is 0 Å². The van der Waals surface area contributed by atoms with E-state index in [1.807, 2.05) is 13.8 Å². The molecule has 0 aliphatic rings. The molecule has 0 aliphatic carbocycles. The lowest BCUT2D eigenvalue weighted by atomic mass is 9.94. The van der Waals surface area contributed by atoms with Crippen molar-refractivity contribution >= 4 is 0 Å². The van der Waals surface area contributed by atoms with Crippen LogP contribution in [0.25, 0.3) is 0 Å². The van der Waals surface area contributed by atoms with Crippen molar-refractivity contribution in [1.82, 2.24) is 0 Å². The molecular formula is C13H18O. The Morgan fingerprint density at radius 2 is 1.79 bits per heavy atom. The maximum atomic E-state index is 9.90. The van der Waals surface area contributed by atoms with Crippen LogP contribution in [-0.2, 0) is 0 Å². The largest absolute Gasteiger partial charge is 0.388 e. The van der Waals surface area contributed by atoms with Gasteiger partial charge in [0.25, 0.3) is 0 Å². The summed E-state index contributed by atoms with van der Waals surface area (Å²) in [6.45, 7) is 9.80. The summed E-state index contributed by atoms with van der Waals surface area (Å²) in [5.74, 6) is 0. The highest BCUT2D eigenvalue weighted by molar-refractivity contribution is 5.39. The van der Waals surface area contributed by atoms with Crippen molar-refractivity contribution in [3.05, 3.63) is 47.0 Å². The second-order valence-electron chi connectivity index (χ2n) is 3.85. The van der Waals surface area contributed by atoms with Crippen LogP contribution in [-0.4, -0.2) is 5.11 Å². The Labute approximate surface area is 86.1 Å². The lowest BCUT2D eigenvalue weighted by Gasteiger charge is -2.15. The molecule has 76 valence electrons. The zero-order chi connectivity index (χ0) is 10.7. The molecule has 1 heteroatoms. The fourth-order valence-electron chi connectivity index (χ4n) is 1.99. The predicted octanol–water partition coefficient (Wildman–Crippen LogP) is 3.22. The van der Waals surface area contributed by atoms with Crippen LogP contribution in [0.2, 0.25) is 0 Å². The van der Waals surface area contributed by atoms with Crippen molar-refractivity contribution in [2.75, 3.05) is 0 Å². The molecule has 1 aromatic carbocycles. The summed E-state index contributed by atoms with van der Waals surface area (Å²) in [5.41, 5.74) is 4.62. The SMILES string of the molecule is C=CCC(O)c1c(C)cc(C)cc1C. The quantitative estimate of drug-likeness (QED) is 0.725. The van der Waals surface area contributed by atoms with Crippen LogP contribution < -0.4 is 0 Å². The molecule has 0 saturated heterocycles. The standard InChI is InChI=1S/C13H18O/c1-5-6-12(14)13-10(3)7-9(2)8-11(13)4/h5,7-8,12,14H,1,6H2,2-4H3. The minimum Gasteiger partial charge on any atom is -0.388 e. The van der Waals surface area contributed by atoms with Gasteiger partial charge in [0.1, 0.15) is 0 Å². The van der Waals surface area contributed by atoms with Gasteiger partial charge < -0.3 is 5.11 Å². The van der Waals surface area contributed by atoms with E-state index < -0.39 is 6.10 Å². The number of aliphatic hydroxyl groups is 1. The highest BCUT2D eigenvalue weighted by Crippen LogP contribution is 2.25. The van der Waals surface area contributed by atoms with Crippen molar-refractivity contribution in [3.8, 4) is 0 Å². The summed E-state index contributed by atoms with van der Waals surface area (Å²) in [4.78, 5) is 0. The molecule has 0 bridgehead atoms. The lowest BCUT2D eigenvalue weighted by molar-refractivity contribution is 0.180. The van der Waals surface area contributed by atoms with E-state index in [0.29, 0.717) is 6.42 Å². The van der Waals surface area contributed by atoms with Crippen LogP contribution >= 0.6 is 0 Å². The first-order valence-corrected chi connectivity index (χ1v) is 4.93. The monoisotopic (exact) mass is 190 g/mol. The summed E-state index contributed by atoms with van der Waals surface area (Å²) in [6, 6.07) is 4.21. The average Bonchev–Trinajstić information content (AvgIpc) is 2.01. The van der Waals surface area contributed by atoms with Gasteiger partial charge in [-0.25, -0.2) is 0 Å². The van der Waals surface area contributed by atoms with Gasteiger partial charge in [-0.05, 0) is 43.9 Å². The number of benzene rings is 1. The molecule has 1 unspecified atom stereocenters. The Balaban J connectivity index is 3.13. The molecule has 0 fully saturated rings. The van der Waals surface area contributed by atoms with E-state index in [1.165, 1.54) is 5.56 Å².